The number of unbranched alkanes of at least 4 members (excludes halogenated alkanes) is 3. The van der Waals surface area contributed by atoms with Crippen molar-refractivity contribution in [1.29, 1.82) is 0 Å². The Kier molecular flexibility index (Phi) is 9.37. The van der Waals surface area contributed by atoms with Crippen LogP contribution < -0.4 is 0 Å². The predicted molar refractivity (Wildman–Crippen MR) is 91.0 cm³/mol. The van der Waals surface area contributed by atoms with Gasteiger partial charge < -0.3 is 9.47 Å². The molecule has 0 amide bonds. The molecule has 0 aliphatic carbocycles. The Hall–Kier alpha value is -1.55. The van der Waals surface area contributed by atoms with Gasteiger partial charge in [0.15, 0.2) is 0 Å². The minimum atomic E-state index is -0.422. The van der Waals surface area contributed by atoms with Crippen molar-refractivity contribution in [3.8, 4) is 0 Å². The molecule has 5 heteroatoms. The van der Waals surface area contributed by atoms with E-state index in [-0.39, 0.29) is 5.92 Å². The van der Waals surface area contributed by atoms with E-state index in [1.165, 1.54) is 6.07 Å². The molecule has 1 aromatic rings. The first-order chi connectivity index (χ1) is 11.0. The first-order valence-corrected chi connectivity index (χ1v) is 8.58. The highest BCUT2D eigenvalue weighted by molar-refractivity contribution is 6.17. The molecular formula is C18H25ClO4. The largest absolute Gasteiger partial charge is 0.462 e. The second-order valence-electron chi connectivity index (χ2n) is 5.81. The molecule has 0 radical (unpaired) electrons. The molecular weight excluding hydrogens is 316 g/mol. The Labute approximate surface area is 143 Å². The number of hydrogen-bond acceptors (Lipinski definition) is 4. The van der Waals surface area contributed by atoms with Crippen molar-refractivity contribution < 1.29 is 19.1 Å². The lowest BCUT2D eigenvalue weighted by Crippen LogP contribution is -2.12. The van der Waals surface area contributed by atoms with E-state index >= 15 is 0 Å². The fraction of sp³-hybridized carbons (Fsp3) is 0.556. The quantitative estimate of drug-likeness (QED) is 0.358. The summed E-state index contributed by atoms with van der Waals surface area (Å²) in [6, 6.07) is 6.43. The number of carbonyl (C=O) groups excluding carboxylic acids is 2. The maximum absolute atomic E-state index is 12.0. The SMILES string of the molecule is CC(C)COC(=O)c1cccc(C(=O)OCCCCCCCl)c1. The summed E-state index contributed by atoms with van der Waals surface area (Å²) in [5.41, 5.74) is 0.729. The van der Waals surface area contributed by atoms with E-state index in [2.05, 4.69) is 0 Å². The van der Waals surface area contributed by atoms with Gasteiger partial charge in [-0.2, -0.15) is 0 Å². The monoisotopic (exact) mass is 340 g/mol. The van der Waals surface area contributed by atoms with E-state index in [1.54, 1.807) is 18.2 Å². The van der Waals surface area contributed by atoms with E-state index in [9.17, 15) is 9.59 Å². The Morgan fingerprint density at radius 1 is 1.00 bits per heavy atom. The summed E-state index contributed by atoms with van der Waals surface area (Å²) >= 11 is 5.60. The topological polar surface area (TPSA) is 52.6 Å². The standard InChI is InChI=1S/C18H25ClO4/c1-14(2)13-23-18(21)16-9-7-8-15(12-16)17(20)22-11-6-4-3-5-10-19/h7-9,12,14H,3-6,10-11,13H2,1-2H3. The third kappa shape index (κ3) is 8.03. The number of halogens is 1. The van der Waals surface area contributed by atoms with Gasteiger partial charge in [0.1, 0.15) is 0 Å². The summed E-state index contributed by atoms with van der Waals surface area (Å²) in [6.07, 6.45) is 3.83. The average Bonchev–Trinajstić information content (AvgIpc) is 2.55. The highest BCUT2D eigenvalue weighted by Gasteiger charge is 2.13. The molecule has 1 aromatic carbocycles. The fourth-order valence-electron chi connectivity index (χ4n) is 1.90. The average molecular weight is 341 g/mol. The number of hydrogen-bond donors (Lipinski definition) is 0. The van der Waals surface area contributed by atoms with E-state index in [0.29, 0.717) is 30.2 Å². The van der Waals surface area contributed by atoms with Gasteiger partial charge >= 0.3 is 11.9 Å². The predicted octanol–water partition coefficient (Wildman–Crippen LogP) is 4.46. The maximum atomic E-state index is 12.0. The van der Waals surface area contributed by atoms with Gasteiger partial charge in [0.05, 0.1) is 24.3 Å². The minimum Gasteiger partial charge on any atom is -0.462 e. The van der Waals surface area contributed by atoms with E-state index in [4.69, 9.17) is 21.1 Å². The first kappa shape index (κ1) is 19.5. The van der Waals surface area contributed by atoms with Gasteiger partial charge in [-0.05, 0) is 37.0 Å². The van der Waals surface area contributed by atoms with Crippen LogP contribution in [0.25, 0.3) is 0 Å². The minimum absolute atomic E-state index is 0.269. The Bertz CT molecular complexity index is 500. The van der Waals surface area contributed by atoms with Gasteiger partial charge in [-0.25, -0.2) is 9.59 Å². The number of benzene rings is 1. The lowest BCUT2D eigenvalue weighted by atomic mass is 10.1. The number of alkyl halides is 1. The van der Waals surface area contributed by atoms with Crippen molar-refractivity contribution in [3.63, 3.8) is 0 Å². The highest BCUT2D eigenvalue weighted by atomic mass is 35.5. The number of rotatable bonds is 10. The molecule has 0 unspecified atom stereocenters. The van der Waals surface area contributed by atoms with Crippen LogP contribution in [0.5, 0.6) is 0 Å². The second kappa shape index (κ2) is 11.1. The van der Waals surface area contributed by atoms with Gasteiger partial charge in [-0.3, -0.25) is 0 Å². The number of ether oxygens (including phenoxy) is 2. The summed E-state index contributed by atoms with van der Waals surface area (Å²) in [7, 11) is 0. The van der Waals surface area contributed by atoms with Crippen molar-refractivity contribution in [2.45, 2.75) is 39.5 Å². The molecule has 0 bridgehead atoms. The molecule has 0 spiro atoms. The summed E-state index contributed by atoms with van der Waals surface area (Å²) < 4.78 is 10.4. The molecule has 0 heterocycles. The fourth-order valence-corrected chi connectivity index (χ4v) is 2.09. The summed E-state index contributed by atoms with van der Waals surface area (Å²) in [5.74, 6) is 0.0978. The molecule has 0 aliphatic heterocycles. The van der Waals surface area contributed by atoms with E-state index in [1.807, 2.05) is 13.8 Å². The lowest BCUT2D eigenvalue weighted by Gasteiger charge is -2.08. The van der Waals surface area contributed by atoms with Crippen LogP contribution in [0.2, 0.25) is 0 Å². The molecule has 0 atom stereocenters. The second-order valence-corrected chi connectivity index (χ2v) is 6.19. The summed E-state index contributed by atoms with van der Waals surface area (Å²) in [6.45, 7) is 4.67. The smallest absolute Gasteiger partial charge is 0.338 e. The molecule has 0 fully saturated rings. The lowest BCUT2D eigenvalue weighted by molar-refractivity contribution is 0.0459. The Balaban J connectivity index is 2.45. The molecule has 4 nitrogen and oxygen atoms in total. The van der Waals surface area contributed by atoms with Crippen molar-refractivity contribution >= 4 is 23.5 Å². The van der Waals surface area contributed by atoms with Crippen molar-refractivity contribution in [1.82, 2.24) is 0 Å². The molecule has 23 heavy (non-hydrogen) atoms. The highest BCUT2D eigenvalue weighted by Crippen LogP contribution is 2.10. The van der Waals surface area contributed by atoms with Gasteiger partial charge in [0.2, 0.25) is 0 Å². The third-order valence-electron chi connectivity index (χ3n) is 3.14. The van der Waals surface area contributed by atoms with Crippen LogP contribution in [-0.2, 0) is 9.47 Å². The number of carbonyl (C=O) groups is 2. The zero-order valence-corrected chi connectivity index (χ0v) is 14.6. The molecule has 0 saturated heterocycles. The zero-order valence-electron chi connectivity index (χ0n) is 13.8. The third-order valence-corrected chi connectivity index (χ3v) is 3.41. The van der Waals surface area contributed by atoms with Crippen LogP contribution >= 0.6 is 11.6 Å². The zero-order chi connectivity index (χ0) is 17.1. The van der Waals surface area contributed by atoms with Crippen LogP contribution in [0.15, 0.2) is 24.3 Å². The molecule has 1 rings (SSSR count). The van der Waals surface area contributed by atoms with E-state index in [0.717, 1.165) is 25.7 Å². The van der Waals surface area contributed by atoms with Crippen LogP contribution in [0.4, 0.5) is 0 Å². The molecule has 128 valence electrons. The summed E-state index contributed by atoms with van der Waals surface area (Å²) in [4.78, 5) is 23.9. The maximum Gasteiger partial charge on any atom is 0.338 e. The molecule has 0 aliphatic rings. The molecule has 0 N–H and O–H groups in total. The van der Waals surface area contributed by atoms with Crippen LogP contribution in [0.3, 0.4) is 0 Å². The van der Waals surface area contributed by atoms with Gasteiger partial charge in [-0.1, -0.05) is 32.8 Å². The molecule has 0 aromatic heterocycles. The number of esters is 2. The van der Waals surface area contributed by atoms with Crippen LogP contribution in [0, 0.1) is 5.92 Å². The summed E-state index contributed by atoms with van der Waals surface area (Å²) in [5, 5.41) is 0. The Morgan fingerprint density at radius 2 is 1.61 bits per heavy atom. The Morgan fingerprint density at radius 3 is 2.22 bits per heavy atom. The van der Waals surface area contributed by atoms with Crippen LogP contribution in [-0.4, -0.2) is 31.0 Å². The first-order valence-electron chi connectivity index (χ1n) is 8.05. The van der Waals surface area contributed by atoms with Crippen molar-refractivity contribution in [2.75, 3.05) is 19.1 Å². The normalized spacial score (nSPS) is 10.6. The van der Waals surface area contributed by atoms with Gasteiger partial charge in [0.25, 0.3) is 0 Å². The van der Waals surface area contributed by atoms with Gasteiger partial charge in [-0.15, -0.1) is 11.6 Å². The van der Waals surface area contributed by atoms with Gasteiger partial charge in [0, 0.05) is 5.88 Å². The van der Waals surface area contributed by atoms with Crippen LogP contribution in [0.1, 0.15) is 60.2 Å². The van der Waals surface area contributed by atoms with E-state index < -0.39 is 11.9 Å². The van der Waals surface area contributed by atoms with Crippen molar-refractivity contribution in [2.24, 2.45) is 5.92 Å². The van der Waals surface area contributed by atoms with Crippen molar-refractivity contribution in [3.05, 3.63) is 35.4 Å². The molecule has 0 saturated carbocycles.